The third kappa shape index (κ3) is 5.19. The van der Waals surface area contributed by atoms with E-state index in [-0.39, 0.29) is 23.8 Å². The largest absolute Gasteiger partial charge is 0.478 e. The molecule has 0 saturated carbocycles. The predicted molar refractivity (Wildman–Crippen MR) is 106 cm³/mol. The summed E-state index contributed by atoms with van der Waals surface area (Å²) in [5, 5.41) is 12.0. The highest BCUT2D eigenvalue weighted by Crippen LogP contribution is 2.15. The van der Waals surface area contributed by atoms with Gasteiger partial charge in [-0.25, -0.2) is 4.79 Å². The Balaban J connectivity index is 1.52. The molecule has 0 aliphatic carbocycles. The molecule has 0 bridgehead atoms. The zero-order chi connectivity index (χ0) is 19.9. The van der Waals surface area contributed by atoms with Crippen LogP contribution in [-0.4, -0.2) is 40.9 Å². The highest BCUT2D eigenvalue weighted by Gasteiger charge is 2.17. The molecule has 0 unspecified atom stereocenters. The van der Waals surface area contributed by atoms with Crippen LogP contribution in [-0.2, 0) is 22.4 Å². The van der Waals surface area contributed by atoms with Crippen molar-refractivity contribution in [2.45, 2.75) is 32.1 Å². The molecular weight excluding hydrogens is 356 g/mol. The molecule has 1 fully saturated rings. The SMILES string of the molecule is O=C(Cc1ccccc1C(=O)O)Nc1ccc(CCC(=O)N2CCCC2)cc1. The molecular formula is C22H24N2O4. The van der Waals surface area contributed by atoms with Gasteiger partial charge >= 0.3 is 5.97 Å². The lowest BCUT2D eigenvalue weighted by atomic mass is 10.0. The topological polar surface area (TPSA) is 86.7 Å². The summed E-state index contributed by atoms with van der Waals surface area (Å²) < 4.78 is 0. The van der Waals surface area contributed by atoms with Gasteiger partial charge in [-0.05, 0) is 48.6 Å². The Kier molecular flexibility index (Phi) is 6.42. The number of likely N-dealkylation sites (tertiary alicyclic amines) is 1. The number of carbonyl (C=O) groups is 3. The number of aromatic carboxylic acids is 1. The van der Waals surface area contributed by atoms with E-state index in [1.54, 1.807) is 30.3 Å². The Morgan fingerprint density at radius 1 is 0.964 bits per heavy atom. The van der Waals surface area contributed by atoms with Gasteiger partial charge in [0.15, 0.2) is 0 Å². The molecule has 2 amide bonds. The molecule has 2 aromatic carbocycles. The fourth-order valence-electron chi connectivity index (χ4n) is 3.39. The summed E-state index contributed by atoms with van der Waals surface area (Å²) in [5.41, 5.74) is 2.30. The first-order valence-electron chi connectivity index (χ1n) is 9.50. The van der Waals surface area contributed by atoms with Crippen LogP contribution in [0.1, 0.15) is 40.7 Å². The first-order chi connectivity index (χ1) is 13.5. The number of anilines is 1. The first-order valence-corrected chi connectivity index (χ1v) is 9.50. The lowest BCUT2D eigenvalue weighted by Crippen LogP contribution is -2.27. The van der Waals surface area contributed by atoms with Crippen molar-refractivity contribution in [3.63, 3.8) is 0 Å². The molecule has 1 heterocycles. The van der Waals surface area contributed by atoms with Crippen molar-refractivity contribution in [3.8, 4) is 0 Å². The van der Waals surface area contributed by atoms with Crippen molar-refractivity contribution in [3.05, 3.63) is 65.2 Å². The molecule has 2 N–H and O–H groups in total. The summed E-state index contributed by atoms with van der Waals surface area (Å²) in [6, 6.07) is 13.9. The molecule has 1 aliphatic heterocycles. The Morgan fingerprint density at radius 3 is 2.32 bits per heavy atom. The maximum atomic E-state index is 12.2. The number of hydrogen-bond acceptors (Lipinski definition) is 3. The molecule has 6 nitrogen and oxygen atoms in total. The smallest absolute Gasteiger partial charge is 0.335 e. The van der Waals surface area contributed by atoms with Gasteiger partial charge in [0, 0.05) is 25.2 Å². The van der Waals surface area contributed by atoms with Crippen molar-refractivity contribution >= 4 is 23.5 Å². The maximum absolute atomic E-state index is 12.2. The molecule has 146 valence electrons. The van der Waals surface area contributed by atoms with E-state index >= 15 is 0 Å². The summed E-state index contributed by atoms with van der Waals surface area (Å²) in [4.78, 5) is 37.5. The van der Waals surface area contributed by atoms with Crippen molar-refractivity contribution in [1.29, 1.82) is 0 Å². The molecule has 3 rings (SSSR count). The Labute approximate surface area is 164 Å². The third-order valence-electron chi connectivity index (χ3n) is 4.92. The molecule has 1 aliphatic rings. The van der Waals surface area contributed by atoms with Gasteiger partial charge in [-0.3, -0.25) is 9.59 Å². The summed E-state index contributed by atoms with van der Waals surface area (Å²) >= 11 is 0. The van der Waals surface area contributed by atoms with Crippen molar-refractivity contribution in [2.24, 2.45) is 0 Å². The van der Waals surface area contributed by atoms with Crippen LogP contribution < -0.4 is 5.32 Å². The average molecular weight is 380 g/mol. The lowest BCUT2D eigenvalue weighted by molar-refractivity contribution is -0.130. The fraction of sp³-hybridized carbons (Fsp3) is 0.318. The monoisotopic (exact) mass is 380 g/mol. The molecule has 0 aromatic heterocycles. The van der Waals surface area contributed by atoms with E-state index in [4.69, 9.17) is 0 Å². The van der Waals surface area contributed by atoms with Crippen LogP contribution in [0.5, 0.6) is 0 Å². The van der Waals surface area contributed by atoms with Crippen molar-refractivity contribution < 1.29 is 19.5 Å². The second-order valence-electron chi connectivity index (χ2n) is 6.97. The highest BCUT2D eigenvalue weighted by molar-refractivity contribution is 5.96. The maximum Gasteiger partial charge on any atom is 0.335 e. The molecule has 0 atom stereocenters. The van der Waals surface area contributed by atoms with Crippen LogP contribution in [0.25, 0.3) is 0 Å². The zero-order valence-corrected chi connectivity index (χ0v) is 15.7. The molecule has 28 heavy (non-hydrogen) atoms. The number of amides is 2. The van der Waals surface area contributed by atoms with Crippen LogP contribution in [0.2, 0.25) is 0 Å². The number of benzene rings is 2. The van der Waals surface area contributed by atoms with Crippen molar-refractivity contribution in [2.75, 3.05) is 18.4 Å². The summed E-state index contributed by atoms with van der Waals surface area (Å²) in [6.45, 7) is 1.74. The van der Waals surface area contributed by atoms with E-state index in [2.05, 4.69) is 5.32 Å². The molecule has 0 radical (unpaired) electrons. The van der Waals surface area contributed by atoms with E-state index in [9.17, 15) is 19.5 Å². The van der Waals surface area contributed by atoms with Gasteiger partial charge < -0.3 is 15.3 Å². The number of hydrogen-bond donors (Lipinski definition) is 2. The highest BCUT2D eigenvalue weighted by atomic mass is 16.4. The number of aryl methyl sites for hydroxylation is 1. The van der Waals surface area contributed by atoms with E-state index < -0.39 is 5.97 Å². The number of carbonyl (C=O) groups excluding carboxylic acids is 2. The minimum absolute atomic E-state index is 0.00540. The Bertz CT molecular complexity index is 855. The zero-order valence-electron chi connectivity index (χ0n) is 15.7. The van der Waals surface area contributed by atoms with Crippen LogP contribution in [0, 0.1) is 0 Å². The Morgan fingerprint density at radius 2 is 1.64 bits per heavy atom. The molecule has 0 spiro atoms. The summed E-state index contributed by atoms with van der Waals surface area (Å²) in [5.74, 6) is -1.12. The third-order valence-corrected chi connectivity index (χ3v) is 4.92. The van der Waals surface area contributed by atoms with E-state index in [0.717, 1.165) is 31.5 Å². The van der Waals surface area contributed by atoms with Gasteiger partial charge in [-0.15, -0.1) is 0 Å². The molecule has 6 heteroatoms. The first kappa shape index (κ1) is 19.6. The normalized spacial score (nSPS) is 13.4. The van der Waals surface area contributed by atoms with Crippen LogP contribution in [0.15, 0.2) is 48.5 Å². The van der Waals surface area contributed by atoms with Gasteiger partial charge in [0.1, 0.15) is 0 Å². The minimum Gasteiger partial charge on any atom is -0.478 e. The van der Waals surface area contributed by atoms with Gasteiger partial charge in [-0.2, -0.15) is 0 Å². The average Bonchev–Trinajstić information content (AvgIpc) is 3.22. The quantitative estimate of drug-likeness (QED) is 0.773. The molecule has 2 aromatic rings. The second kappa shape index (κ2) is 9.17. The summed E-state index contributed by atoms with van der Waals surface area (Å²) in [6.07, 6.45) is 3.36. The number of nitrogens with one attached hydrogen (secondary N) is 1. The van der Waals surface area contributed by atoms with Gasteiger partial charge in [0.2, 0.25) is 11.8 Å². The second-order valence-corrected chi connectivity index (χ2v) is 6.97. The van der Waals surface area contributed by atoms with Gasteiger partial charge in [0.25, 0.3) is 0 Å². The number of rotatable bonds is 7. The van der Waals surface area contributed by atoms with E-state index in [1.165, 1.54) is 6.07 Å². The van der Waals surface area contributed by atoms with Crippen LogP contribution in [0.3, 0.4) is 0 Å². The number of nitrogens with zero attached hydrogens (tertiary/aromatic N) is 1. The number of carboxylic acids is 1. The summed E-state index contributed by atoms with van der Waals surface area (Å²) in [7, 11) is 0. The van der Waals surface area contributed by atoms with Gasteiger partial charge in [-0.1, -0.05) is 30.3 Å². The van der Waals surface area contributed by atoms with Gasteiger partial charge in [0.05, 0.1) is 12.0 Å². The molecule has 1 saturated heterocycles. The predicted octanol–water partition coefficient (Wildman–Crippen LogP) is 3.12. The van der Waals surface area contributed by atoms with Crippen LogP contribution >= 0.6 is 0 Å². The van der Waals surface area contributed by atoms with Crippen molar-refractivity contribution in [1.82, 2.24) is 4.90 Å². The Hall–Kier alpha value is -3.15. The lowest BCUT2D eigenvalue weighted by Gasteiger charge is -2.15. The van der Waals surface area contributed by atoms with E-state index in [0.29, 0.717) is 24.1 Å². The minimum atomic E-state index is -1.05. The van der Waals surface area contributed by atoms with Crippen LogP contribution in [0.4, 0.5) is 5.69 Å². The standard InChI is InChI=1S/C22H24N2O4/c25-20(15-17-5-1-2-6-19(17)22(27)28)23-18-10-7-16(8-11-18)9-12-21(26)24-13-3-4-14-24/h1-2,5-8,10-11H,3-4,9,12-15H2,(H,23,25)(H,27,28). The number of carboxylic acid groups (broad SMARTS) is 1. The fourth-order valence-corrected chi connectivity index (χ4v) is 3.39. The van der Waals surface area contributed by atoms with E-state index in [1.807, 2.05) is 17.0 Å².